The number of aliphatic hydroxyl groups is 1. The van der Waals surface area contributed by atoms with Crippen LogP contribution in [0.25, 0.3) is 0 Å². The molecular weight excluding hydrogens is 504 g/mol. The van der Waals surface area contributed by atoms with Gasteiger partial charge in [0, 0.05) is 5.92 Å². The Morgan fingerprint density at radius 2 is 1.20 bits per heavy atom. The first kappa shape index (κ1) is 30.5. The highest BCUT2D eigenvalue weighted by atomic mass is 16.3. The van der Waals surface area contributed by atoms with Gasteiger partial charge in [0.15, 0.2) is 0 Å². The number of hydrogen-bond acceptors (Lipinski definition) is 5. The molecule has 3 aromatic carbocycles. The zero-order chi connectivity index (χ0) is 29.1. The van der Waals surface area contributed by atoms with Crippen molar-refractivity contribution >= 4 is 17.7 Å². The smallest absolute Gasteiger partial charge is 0.242 e. The summed E-state index contributed by atoms with van der Waals surface area (Å²) in [5.74, 6) is -1.65. The Balaban J connectivity index is 1.72. The van der Waals surface area contributed by atoms with Crippen molar-refractivity contribution in [2.45, 2.75) is 63.9 Å². The topological polar surface area (TPSA) is 134 Å². The average molecular weight is 545 g/mol. The van der Waals surface area contributed by atoms with Gasteiger partial charge >= 0.3 is 0 Å². The highest BCUT2D eigenvalue weighted by Crippen LogP contribution is 2.23. The summed E-state index contributed by atoms with van der Waals surface area (Å²) >= 11 is 0. The molecule has 5 atom stereocenters. The second-order valence-electron chi connectivity index (χ2n) is 10.3. The van der Waals surface area contributed by atoms with Crippen molar-refractivity contribution in [1.29, 1.82) is 0 Å². The van der Waals surface area contributed by atoms with E-state index in [4.69, 9.17) is 5.73 Å². The lowest BCUT2D eigenvalue weighted by Crippen LogP contribution is -2.54. The highest BCUT2D eigenvalue weighted by Gasteiger charge is 2.29. The van der Waals surface area contributed by atoms with Gasteiger partial charge in [-0.25, -0.2) is 0 Å². The predicted octanol–water partition coefficient (Wildman–Crippen LogP) is 2.86. The largest absolute Gasteiger partial charge is 0.391 e. The van der Waals surface area contributed by atoms with Crippen LogP contribution in [-0.2, 0) is 20.8 Å². The lowest BCUT2D eigenvalue weighted by molar-refractivity contribution is -0.130. The summed E-state index contributed by atoms with van der Waals surface area (Å²) in [5, 5.41) is 19.8. The molecule has 8 heteroatoms. The van der Waals surface area contributed by atoms with Crippen LogP contribution in [0.2, 0.25) is 0 Å². The summed E-state index contributed by atoms with van der Waals surface area (Å²) in [7, 11) is 0. The molecule has 3 amide bonds. The van der Waals surface area contributed by atoms with Gasteiger partial charge in [0.05, 0.1) is 24.2 Å². The van der Waals surface area contributed by atoms with E-state index in [0.29, 0.717) is 6.42 Å². The predicted molar refractivity (Wildman–Crippen MR) is 156 cm³/mol. The summed E-state index contributed by atoms with van der Waals surface area (Å²) < 4.78 is 0. The van der Waals surface area contributed by atoms with E-state index in [1.165, 1.54) is 6.92 Å². The average Bonchev–Trinajstić information content (AvgIpc) is 2.96. The molecule has 3 rings (SSSR count). The van der Waals surface area contributed by atoms with Gasteiger partial charge in [-0.15, -0.1) is 0 Å². The minimum atomic E-state index is -1.02. The normalized spacial score (nSPS) is 14.8. The van der Waals surface area contributed by atoms with Crippen molar-refractivity contribution in [1.82, 2.24) is 16.0 Å². The van der Waals surface area contributed by atoms with E-state index in [2.05, 4.69) is 16.0 Å². The number of hydrogen-bond donors (Lipinski definition) is 5. The van der Waals surface area contributed by atoms with Crippen molar-refractivity contribution in [3.8, 4) is 0 Å². The van der Waals surface area contributed by atoms with Gasteiger partial charge in [-0.3, -0.25) is 14.4 Å². The second-order valence-corrected chi connectivity index (χ2v) is 10.3. The van der Waals surface area contributed by atoms with Gasteiger partial charge in [-0.1, -0.05) is 97.9 Å². The Morgan fingerprint density at radius 3 is 1.70 bits per heavy atom. The van der Waals surface area contributed by atoms with Crippen molar-refractivity contribution in [3.05, 3.63) is 108 Å². The van der Waals surface area contributed by atoms with Crippen LogP contribution in [0.5, 0.6) is 0 Å². The molecule has 0 aliphatic heterocycles. The fourth-order valence-corrected chi connectivity index (χ4v) is 4.44. The Bertz CT molecular complexity index is 1180. The molecule has 0 radical (unpaired) electrons. The Morgan fingerprint density at radius 1 is 0.700 bits per heavy atom. The number of nitrogens with one attached hydrogen (secondary N) is 3. The van der Waals surface area contributed by atoms with E-state index in [9.17, 15) is 19.5 Å². The van der Waals surface area contributed by atoms with E-state index >= 15 is 0 Å². The minimum Gasteiger partial charge on any atom is -0.391 e. The molecule has 0 saturated heterocycles. The number of carbonyl (C=O) groups excluding carboxylic acids is 3. The number of benzene rings is 3. The Labute approximate surface area is 236 Å². The van der Waals surface area contributed by atoms with Crippen LogP contribution in [0.3, 0.4) is 0 Å². The van der Waals surface area contributed by atoms with E-state index < -0.39 is 42.0 Å². The molecule has 0 fully saturated rings. The third-order valence-corrected chi connectivity index (χ3v) is 6.85. The molecule has 3 aromatic rings. The summed E-state index contributed by atoms with van der Waals surface area (Å²) in [5.41, 5.74) is 8.43. The molecule has 0 heterocycles. The maximum Gasteiger partial charge on any atom is 0.242 e. The van der Waals surface area contributed by atoms with Crippen molar-refractivity contribution in [3.63, 3.8) is 0 Å². The van der Waals surface area contributed by atoms with Crippen molar-refractivity contribution in [2.75, 3.05) is 0 Å². The molecule has 0 aliphatic carbocycles. The van der Waals surface area contributed by atoms with Crippen molar-refractivity contribution < 1.29 is 19.5 Å². The fourth-order valence-electron chi connectivity index (χ4n) is 4.44. The first-order chi connectivity index (χ1) is 19.2. The molecule has 6 N–H and O–H groups in total. The number of carbonyl (C=O) groups is 3. The molecule has 0 unspecified atom stereocenters. The van der Waals surface area contributed by atoms with Gasteiger partial charge in [0.2, 0.25) is 17.7 Å². The Hall–Kier alpha value is -4.01. The van der Waals surface area contributed by atoms with E-state index in [-0.39, 0.29) is 18.4 Å². The molecule has 0 spiro atoms. The molecule has 8 nitrogen and oxygen atoms in total. The minimum absolute atomic E-state index is 0.125. The van der Waals surface area contributed by atoms with E-state index in [1.54, 1.807) is 13.8 Å². The van der Waals surface area contributed by atoms with Crippen LogP contribution < -0.4 is 21.7 Å². The zero-order valence-electron chi connectivity index (χ0n) is 23.3. The quantitative estimate of drug-likeness (QED) is 0.226. The number of amides is 3. The lowest BCUT2D eigenvalue weighted by atomic mass is 9.92. The maximum atomic E-state index is 13.4. The molecule has 0 aliphatic rings. The molecule has 0 aromatic heterocycles. The SMILES string of the molecule is C[C@H](N)C(=O)N[C@@H](C)C(=O)N[C@@H](Cc1ccccc1)[C@@H](O)C[C@@H](C)C(=O)NC(c1ccccc1)c1ccccc1. The van der Waals surface area contributed by atoms with Gasteiger partial charge < -0.3 is 26.8 Å². The van der Waals surface area contributed by atoms with Crippen LogP contribution in [0, 0.1) is 5.92 Å². The molecule has 0 bridgehead atoms. The monoisotopic (exact) mass is 544 g/mol. The molecule has 212 valence electrons. The second kappa shape index (κ2) is 15.0. The molecule has 40 heavy (non-hydrogen) atoms. The first-order valence-electron chi connectivity index (χ1n) is 13.6. The van der Waals surface area contributed by atoms with E-state index in [1.807, 2.05) is 91.0 Å². The third kappa shape index (κ3) is 9.03. The highest BCUT2D eigenvalue weighted by molar-refractivity contribution is 5.89. The third-order valence-electron chi connectivity index (χ3n) is 6.85. The van der Waals surface area contributed by atoms with Crippen LogP contribution in [0.1, 0.15) is 49.9 Å². The maximum absolute atomic E-state index is 13.4. The van der Waals surface area contributed by atoms with Crippen LogP contribution in [-0.4, -0.2) is 47.1 Å². The lowest BCUT2D eigenvalue weighted by Gasteiger charge is -2.28. The van der Waals surface area contributed by atoms with Gasteiger partial charge in [-0.05, 0) is 43.4 Å². The molecule has 0 saturated carbocycles. The molecular formula is C32H40N4O4. The van der Waals surface area contributed by atoms with Crippen molar-refractivity contribution in [2.24, 2.45) is 11.7 Å². The van der Waals surface area contributed by atoms with Gasteiger partial charge in [-0.2, -0.15) is 0 Å². The summed E-state index contributed by atoms with van der Waals surface area (Å²) in [6.07, 6.45) is -0.541. The number of aliphatic hydroxyl groups excluding tert-OH is 1. The first-order valence-corrected chi connectivity index (χ1v) is 13.6. The van der Waals surface area contributed by atoms with Gasteiger partial charge in [0.1, 0.15) is 6.04 Å². The Kier molecular flexibility index (Phi) is 11.4. The van der Waals surface area contributed by atoms with Crippen LogP contribution in [0.15, 0.2) is 91.0 Å². The van der Waals surface area contributed by atoms with E-state index in [0.717, 1.165) is 16.7 Å². The van der Waals surface area contributed by atoms with Crippen LogP contribution >= 0.6 is 0 Å². The van der Waals surface area contributed by atoms with Crippen LogP contribution in [0.4, 0.5) is 0 Å². The summed E-state index contributed by atoms with van der Waals surface area (Å²) in [4.78, 5) is 38.3. The zero-order valence-corrected chi connectivity index (χ0v) is 23.3. The fraction of sp³-hybridized carbons (Fsp3) is 0.344. The summed E-state index contributed by atoms with van der Waals surface area (Å²) in [6.45, 7) is 4.86. The standard InChI is InChI=1S/C32H40N4O4/c1-21(30(38)36-29(25-15-9-5-10-16-25)26-17-11-6-12-18-26)19-28(37)27(20-24-13-7-4-8-14-24)35-32(40)23(3)34-31(39)22(2)33/h4-18,21-23,27-29,37H,19-20,33H2,1-3H3,(H,34,39)(H,35,40)(H,36,38)/t21-,22+,23+,27+,28+/m1/s1. The number of rotatable bonds is 13. The summed E-state index contributed by atoms with van der Waals surface area (Å²) in [6, 6.07) is 26.3. The van der Waals surface area contributed by atoms with Gasteiger partial charge in [0.25, 0.3) is 0 Å². The number of nitrogens with two attached hydrogens (primary N) is 1.